The third kappa shape index (κ3) is 3.47. The molecule has 2 rings (SSSR count). The van der Waals surface area contributed by atoms with Crippen molar-refractivity contribution in [3.05, 3.63) is 16.4 Å². The number of carbonyl (C=O) groups is 1. The highest BCUT2D eigenvalue weighted by Crippen LogP contribution is 2.22. The molecule has 0 radical (unpaired) electrons. The zero-order valence-electron chi connectivity index (χ0n) is 11.7. The Labute approximate surface area is 117 Å². The first-order valence-corrected chi connectivity index (χ1v) is 7.13. The minimum atomic E-state index is -0.799. The molecule has 1 aliphatic heterocycles. The van der Waals surface area contributed by atoms with Crippen molar-refractivity contribution in [3.8, 4) is 0 Å². The highest BCUT2D eigenvalue weighted by atomic mass is 16.5. The number of carboxylic acid groups (broad SMARTS) is 1. The number of aromatic nitrogens is 2. The second-order valence-corrected chi connectivity index (χ2v) is 5.17. The molecular formula is C13H21N3O4. The van der Waals surface area contributed by atoms with Crippen molar-refractivity contribution < 1.29 is 14.4 Å². The Morgan fingerprint density at radius 3 is 3.05 bits per heavy atom. The first kappa shape index (κ1) is 14.8. The van der Waals surface area contributed by atoms with E-state index < -0.39 is 11.7 Å². The van der Waals surface area contributed by atoms with Crippen LogP contribution >= 0.6 is 0 Å². The number of hydrogen-bond donors (Lipinski definition) is 1. The smallest absolute Gasteiger partial charge is 0.441 e. The zero-order chi connectivity index (χ0) is 14.5. The van der Waals surface area contributed by atoms with E-state index in [2.05, 4.69) is 10.1 Å². The van der Waals surface area contributed by atoms with E-state index >= 15 is 0 Å². The summed E-state index contributed by atoms with van der Waals surface area (Å²) >= 11 is 0. The molecule has 1 unspecified atom stereocenters. The van der Waals surface area contributed by atoms with Gasteiger partial charge in [-0.1, -0.05) is 18.5 Å². The third-order valence-electron chi connectivity index (χ3n) is 3.81. The molecule has 2 heterocycles. The zero-order valence-corrected chi connectivity index (χ0v) is 11.7. The fourth-order valence-corrected chi connectivity index (χ4v) is 2.71. The van der Waals surface area contributed by atoms with Crippen LogP contribution in [-0.4, -0.2) is 45.3 Å². The van der Waals surface area contributed by atoms with Crippen LogP contribution in [0.4, 0.5) is 0 Å². The van der Waals surface area contributed by atoms with Gasteiger partial charge in [-0.25, -0.2) is 4.79 Å². The molecule has 1 aromatic rings. The number of aryl methyl sites for hydroxylation is 1. The molecule has 0 aliphatic carbocycles. The van der Waals surface area contributed by atoms with Gasteiger partial charge in [-0.3, -0.25) is 13.9 Å². The maximum Gasteiger partial charge on any atom is 0.441 e. The second kappa shape index (κ2) is 6.69. The first-order chi connectivity index (χ1) is 9.61. The van der Waals surface area contributed by atoms with E-state index in [1.165, 1.54) is 0 Å². The van der Waals surface area contributed by atoms with Gasteiger partial charge in [0, 0.05) is 19.5 Å². The van der Waals surface area contributed by atoms with E-state index in [1.807, 2.05) is 6.92 Å². The minimum Gasteiger partial charge on any atom is -0.481 e. The molecule has 20 heavy (non-hydrogen) atoms. The van der Waals surface area contributed by atoms with Gasteiger partial charge in [0.2, 0.25) is 0 Å². The second-order valence-electron chi connectivity index (χ2n) is 5.17. The molecule has 0 saturated heterocycles. The van der Waals surface area contributed by atoms with E-state index in [0.717, 1.165) is 32.2 Å². The van der Waals surface area contributed by atoms with Gasteiger partial charge in [0.15, 0.2) is 5.82 Å². The summed E-state index contributed by atoms with van der Waals surface area (Å²) in [6.07, 6.45) is 3.83. The summed E-state index contributed by atoms with van der Waals surface area (Å²) in [7, 11) is 0. The number of carboxylic acids is 1. The summed E-state index contributed by atoms with van der Waals surface area (Å²) in [4.78, 5) is 24.5. The van der Waals surface area contributed by atoms with Crippen molar-refractivity contribution in [2.45, 2.75) is 45.1 Å². The topological polar surface area (TPSA) is 88.6 Å². The molecule has 0 bridgehead atoms. The van der Waals surface area contributed by atoms with E-state index in [0.29, 0.717) is 18.9 Å². The van der Waals surface area contributed by atoms with Gasteiger partial charge in [0.25, 0.3) is 0 Å². The number of rotatable bonds is 6. The van der Waals surface area contributed by atoms with Gasteiger partial charge in [-0.2, -0.15) is 0 Å². The largest absolute Gasteiger partial charge is 0.481 e. The van der Waals surface area contributed by atoms with Gasteiger partial charge in [0.05, 0.1) is 12.5 Å². The molecule has 0 spiro atoms. The first-order valence-electron chi connectivity index (χ1n) is 7.13. The van der Waals surface area contributed by atoms with Gasteiger partial charge in [-0.15, -0.1) is 0 Å². The molecule has 0 saturated carbocycles. The van der Waals surface area contributed by atoms with Crippen molar-refractivity contribution >= 4 is 5.97 Å². The predicted molar refractivity (Wildman–Crippen MR) is 71.7 cm³/mol. The molecule has 112 valence electrons. The van der Waals surface area contributed by atoms with Gasteiger partial charge >= 0.3 is 11.7 Å². The van der Waals surface area contributed by atoms with Crippen LogP contribution in [-0.2, 0) is 11.2 Å². The van der Waals surface area contributed by atoms with E-state index in [1.54, 1.807) is 4.57 Å². The van der Waals surface area contributed by atoms with Crippen LogP contribution in [0.2, 0.25) is 0 Å². The SMILES string of the molecule is CCN(CCC(=O)O)CC1CCCCc2noc(=O)n21. The molecule has 1 aromatic heterocycles. The number of aliphatic carboxylic acids is 1. The van der Waals surface area contributed by atoms with Crippen LogP contribution in [0, 0.1) is 0 Å². The molecule has 0 fully saturated rings. The monoisotopic (exact) mass is 283 g/mol. The van der Waals surface area contributed by atoms with Crippen LogP contribution in [0.3, 0.4) is 0 Å². The Bertz CT molecular complexity index is 508. The summed E-state index contributed by atoms with van der Waals surface area (Å²) in [6.45, 7) is 3.92. The Balaban J connectivity index is 2.09. The summed E-state index contributed by atoms with van der Waals surface area (Å²) in [5, 5.41) is 12.6. The van der Waals surface area contributed by atoms with Crippen molar-refractivity contribution in [1.29, 1.82) is 0 Å². The molecule has 7 nitrogen and oxygen atoms in total. The van der Waals surface area contributed by atoms with Crippen molar-refractivity contribution in [1.82, 2.24) is 14.6 Å². The molecule has 0 amide bonds. The highest BCUT2D eigenvalue weighted by molar-refractivity contribution is 5.66. The van der Waals surface area contributed by atoms with Crippen LogP contribution in [0.25, 0.3) is 0 Å². The normalized spacial score (nSPS) is 18.8. The fraction of sp³-hybridized carbons (Fsp3) is 0.769. The van der Waals surface area contributed by atoms with Crippen LogP contribution in [0.15, 0.2) is 9.32 Å². The standard InChI is InChI=1S/C13H21N3O4/c1-2-15(8-7-12(17)18)9-10-5-3-4-6-11-14-20-13(19)16(10)11/h10H,2-9H2,1H3,(H,17,18). The molecule has 7 heteroatoms. The van der Waals surface area contributed by atoms with Crippen LogP contribution in [0.1, 0.15) is 44.5 Å². The number of nitrogens with zero attached hydrogens (tertiary/aromatic N) is 3. The quantitative estimate of drug-likeness (QED) is 0.834. The van der Waals surface area contributed by atoms with Crippen LogP contribution < -0.4 is 5.76 Å². The Hall–Kier alpha value is -1.63. The molecule has 1 atom stereocenters. The molecule has 1 N–H and O–H groups in total. The van der Waals surface area contributed by atoms with E-state index in [-0.39, 0.29) is 12.5 Å². The van der Waals surface area contributed by atoms with Gasteiger partial charge < -0.3 is 10.0 Å². The summed E-state index contributed by atoms with van der Waals surface area (Å²) in [5.74, 6) is -0.486. The van der Waals surface area contributed by atoms with Crippen molar-refractivity contribution in [2.24, 2.45) is 0 Å². The number of likely N-dealkylation sites (N-methyl/N-ethyl adjacent to an activating group) is 1. The summed E-state index contributed by atoms with van der Waals surface area (Å²) in [6, 6.07) is 0.0278. The van der Waals surface area contributed by atoms with Crippen LogP contribution in [0.5, 0.6) is 0 Å². The Morgan fingerprint density at radius 1 is 1.55 bits per heavy atom. The number of hydrogen-bond acceptors (Lipinski definition) is 5. The molecule has 0 aromatic carbocycles. The lowest BCUT2D eigenvalue weighted by atomic mass is 10.1. The van der Waals surface area contributed by atoms with Gasteiger partial charge in [0.1, 0.15) is 0 Å². The van der Waals surface area contributed by atoms with E-state index in [4.69, 9.17) is 9.63 Å². The Morgan fingerprint density at radius 2 is 2.35 bits per heavy atom. The lowest BCUT2D eigenvalue weighted by molar-refractivity contribution is -0.137. The van der Waals surface area contributed by atoms with E-state index in [9.17, 15) is 9.59 Å². The van der Waals surface area contributed by atoms with Crippen molar-refractivity contribution in [2.75, 3.05) is 19.6 Å². The average molecular weight is 283 g/mol. The summed E-state index contributed by atoms with van der Waals surface area (Å²) in [5.41, 5.74) is 0. The lowest BCUT2D eigenvalue weighted by Crippen LogP contribution is -2.35. The molecular weight excluding hydrogens is 262 g/mol. The molecule has 1 aliphatic rings. The Kier molecular flexibility index (Phi) is 4.94. The highest BCUT2D eigenvalue weighted by Gasteiger charge is 2.24. The predicted octanol–water partition coefficient (Wildman–Crippen LogP) is 0.900. The fourth-order valence-electron chi connectivity index (χ4n) is 2.71. The maximum absolute atomic E-state index is 11.8. The number of fused-ring (bicyclic) bond motifs is 1. The third-order valence-corrected chi connectivity index (χ3v) is 3.81. The van der Waals surface area contributed by atoms with Crippen molar-refractivity contribution in [3.63, 3.8) is 0 Å². The lowest BCUT2D eigenvalue weighted by Gasteiger charge is -2.25. The minimum absolute atomic E-state index is 0.0278. The van der Waals surface area contributed by atoms with Gasteiger partial charge in [-0.05, 0) is 19.4 Å². The average Bonchev–Trinajstić information content (AvgIpc) is 2.67. The summed E-state index contributed by atoms with van der Waals surface area (Å²) < 4.78 is 6.41. The maximum atomic E-state index is 11.8.